The summed E-state index contributed by atoms with van der Waals surface area (Å²) in [6, 6.07) is 3.64. The summed E-state index contributed by atoms with van der Waals surface area (Å²) in [6.45, 7) is 11.4. The van der Waals surface area contributed by atoms with Crippen LogP contribution in [0.5, 0.6) is 0 Å². The molecule has 1 atom stereocenters. The fourth-order valence-electron chi connectivity index (χ4n) is 2.52. The van der Waals surface area contributed by atoms with Gasteiger partial charge in [0.05, 0.1) is 5.69 Å². The standard InChI is InChI=1S/C18H24F2N2S/c1-6-12(5)17-21-16(11(3)4)18(22(17)7-2)23-15-9-13(19)8-14(20)10-15/h8-12H,6-7H2,1-5H3. The van der Waals surface area contributed by atoms with Gasteiger partial charge in [-0.3, -0.25) is 0 Å². The molecular weight excluding hydrogens is 314 g/mol. The number of nitrogens with zero attached hydrogens (tertiary/aromatic N) is 2. The molecule has 0 radical (unpaired) electrons. The van der Waals surface area contributed by atoms with Crippen LogP contribution in [0.1, 0.15) is 64.4 Å². The van der Waals surface area contributed by atoms with Gasteiger partial charge in [0.25, 0.3) is 0 Å². The van der Waals surface area contributed by atoms with Gasteiger partial charge in [0.15, 0.2) is 0 Å². The molecule has 0 aliphatic heterocycles. The molecule has 126 valence electrons. The van der Waals surface area contributed by atoms with Gasteiger partial charge in [-0.25, -0.2) is 13.8 Å². The third-order valence-corrected chi connectivity index (χ3v) is 5.04. The number of hydrogen-bond acceptors (Lipinski definition) is 2. The lowest BCUT2D eigenvalue weighted by Crippen LogP contribution is -2.06. The van der Waals surface area contributed by atoms with Crippen molar-refractivity contribution in [2.75, 3.05) is 0 Å². The van der Waals surface area contributed by atoms with Crippen LogP contribution in [0.4, 0.5) is 8.78 Å². The maximum Gasteiger partial charge on any atom is 0.127 e. The number of hydrogen-bond donors (Lipinski definition) is 0. The van der Waals surface area contributed by atoms with Gasteiger partial charge in [0.1, 0.15) is 22.5 Å². The van der Waals surface area contributed by atoms with Gasteiger partial charge < -0.3 is 4.57 Å². The van der Waals surface area contributed by atoms with Gasteiger partial charge in [-0.2, -0.15) is 0 Å². The zero-order valence-electron chi connectivity index (χ0n) is 14.4. The highest BCUT2D eigenvalue weighted by atomic mass is 32.2. The second kappa shape index (κ2) is 7.47. The molecular formula is C18H24F2N2S. The maximum absolute atomic E-state index is 13.5. The Bertz CT molecular complexity index is 660. The van der Waals surface area contributed by atoms with Crippen molar-refractivity contribution in [2.45, 2.75) is 69.3 Å². The van der Waals surface area contributed by atoms with Gasteiger partial charge in [-0.15, -0.1) is 0 Å². The van der Waals surface area contributed by atoms with Crippen molar-refractivity contribution in [1.29, 1.82) is 0 Å². The number of aromatic nitrogens is 2. The van der Waals surface area contributed by atoms with Gasteiger partial charge in [-0.05, 0) is 31.4 Å². The Balaban J connectivity index is 2.52. The quantitative estimate of drug-likeness (QED) is 0.646. The van der Waals surface area contributed by atoms with Crippen molar-refractivity contribution in [3.8, 4) is 0 Å². The normalized spacial score (nSPS) is 12.9. The largest absolute Gasteiger partial charge is 0.323 e. The zero-order valence-corrected chi connectivity index (χ0v) is 15.2. The minimum Gasteiger partial charge on any atom is -0.323 e. The first-order chi connectivity index (χ1) is 10.9. The lowest BCUT2D eigenvalue weighted by atomic mass is 10.1. The summed E-state index contributed by atoms with van der Waals surface area (Å²) in [5, 5.41) is 0.989. The Morgan fingerprint density at radius 1 is 1.09 bits per heavy atom. The Labute approximate surface area is 141 Å². The number of benzene rings is 1. The van der Waals surface area contributed by atoms with E-state index in [1.165, 1.54) is 23.9 Å². The molecule has 0 saturated carbocycles. The van der Waals surface area contributed by atoms with Gasteiger partial charge in [-0.1, -0.05) is 39.5 Å². The van der Waals surface area contributed by atoms with Crippen LogP contribution in [0.3, 0.4) is 0 Å². The molecule has 1 unspecified atom stereocenters. The van der Waals surface area contributed by atoms with Crippen molar-refractivity contribution in [3.05, 3.63) is 41.4 Å². The lowest BCUT2D eigenvalue weighted by molar-refractivity contribution is 0.576. The highest BCUT2D eigenvalue weighted by Gasteiger charge is 2.22. The molecule has 0 fully saturated rings. The second-order valence-electron chi connectivity index (χ2n) is 6.08. The molecule has 0 N–H and O–H groups in total. The Morgan fingerprint density at radius 2 is 1.70 bits per heavy atom. The first kappa shape index (κ1) is 18.0. The maximum atomic E-state index is 13.5. The van der Waals surface area contributed by atoms with Crippen LogP contribution in [-0.2, 0) is 6.54 Å². The Morgan fingerprint density at radius 3 is 2.17 bits per heavy atom. The molecule has 1 aromatic carbocycles. The van der Waals surface area contributed by atoms with Crippen LogP contribution >= 0.6 is 11.8 Å². The first-order valence-electron chi connectivity index (χ1n) is 8.11. The molecule has 2 aromatic rings. The second-order valence-corrected chi connectivity index (χ2v) is 7.14. The minimum atomic E-state index is -0.552. The number of imidazole rings is 1. The van der Waals surface area contributed by atoms with E-state index in [1.54, 1.807) is 0 Å². The third kappa shape index (κ3) is 3.94. The zero-order chi connectivity index (χ0) is 17.1. The molecule has 1 aromatic heterocycles. The van der Waals surface area contributed by atoms with Crippen molar-refractivity contribution in [2.24, 2.45) is 0 Å². The molecule has 5 heteroatoms. The number of rotatable bonds is 6. The summed E-state index contributed by atoms with van der Waals surface area (Å²) in [5.74, 6) is 0.558. The van der Waals surface area contributed by atoms with E-state index >= 15 is 0 Å². The van der Waals surface area contributed by atoms with Crippen LogP contribution in [0, 0.1) is 11.6 Å². The van der Waals surface area contributed by atoms with Crippen LogP contribution in [-0.4, -0.2) is 9.55 Å². The highest BCUT2D eigenvalue weighted by molar-refractivity contribution is 7.99. The average molecular weight is 338 g/mol. The number of halogens is 2. The summed E-state index contributed by atoms with van der Waals surface area (Å²) < 4.78 is 29.1. The highest BCUT2D eigenvalue weighted by Crippen LogP contribution is 2.37. The average Bonchev–Trinajstić information content (AvgIpc) is 2.83. The molecule has 0 aliphatic rings. The molecule has 0 spiro atoms. The SMILES string of the molecule is CCC(C)c1nc(C(C)C)c(Sc2cc(F)cc(F)c2)n1CC. The minimum absolute atomic E-state index is 0.256. The van der Waals surface area contributed by atoms with E-state index in [2.05, 4.69) is 39.2 Å². The molecule has 2 nitrogen and oxygen atoms in total. The van der Waals surface area contributed by atoms with E-state index in [1.807, 2.05) is 0 Å². The molecule has 23 heavy (non-hydrogen) atoms. The van der Waals surface area contributed by atoms with Crippen molar-refractivity contribution >= 4 is 11.8 Å². The van der Waals surface area contributed by atoms with E-state index < -0.39 is 11.6 Å². The van der Waals surface area contributed by atoms with E-state index in [4.69, 9.17) is 4.98 Å². The summed E-state index contributed by atoms with van der Waals surface area (Å²) in [5.41, 5.74) is 0.997. The molecule has 0 bridgehead atoms. The Hall–Kier alpha value is -1.36. The predicted octanol–water partition coefficient (Wildman–Crippen LogP) is 5.97. The van der Waals surface area contributed by atoms with E-state index in [0.29, 0.717) is 10.8 Å². The summed E-state index contributed by atoms with van der Waals surface area (Å²) >= 11 is 1.39. The van der Waals surface area contributed by atoms with Crippen molar-refractivity contribution < 1.29 is 8.78 Å². The van der Waals surface area contributed by atoms with E-state index in [0.717, 1.165) is 35.6 Å². The fourth-order valence-corrected chi connectivity index (χ4v) is 3.81. The monoisotopic (exact) mass is 338 g/mol. The van der Waals surface area contributed by atoms with Crippen LogP contribution in [0.25, 0.3) is 0 Å². The van der Waals surface area contributed by atoms with E-state index in [9.17, 15) is 8.78 Å². The molecule has 2 rings (SSSR count). The smallest absolute Gasteiger partial charge is 0.127 e. The predicted molar refractivity (Wildman–Crippen MR) is 91.2 cm³/mol. The van der Waals surface area contributed by atoms with Gasteiger partial charge >= 0.3 is 0 Å². The summed E-state index contributed by atoms with van der Waals surface area (Å²) in [6.07, 6.45) is 1.01. The van der Waals surface area contributed by atoms with Crippen molar-refractivity contribution in [3.63, 3.8) is 0 Å². The van der Waals surface area contributed by atoms with E-state index in [-0.39, 0.29) is 5.92 Å². The van der Waals surface area contributed by atoms with Crippen LogP contribution < -0.4 is 0 Å². The first-order valence-corrected chi connectivity index (χ1v) is 8.93. The summed E-state index contributed by atoms with van der Waals surface area (Å²) in [7, 11) is 0. The van der Waals surface area contributed by atoms with Crippen molar-refractivity contribution in [1.82, 2.24) is 9.55 Å². The fraction of sp³-hybridized carbons (Fsp3) is 0.500. The van der Waals surface area contributed by atoms with Crippen LogP contribution in [0.2, 0.25) is 0 Å². The third-order valence-electron chi connectivity index (χ3n) is 3.94. The van der Waals surface area contributed by atoms with Gasteiger partial charge in [0.2, 0.25) is 0 Å². The van der Waals surface area contributed by atoms with Gasteiger partial charge in [0, 0.05) is 23.4 Å². The lowest BCUT2D eigenvalue weighted by Gasteiger charge is -2.13. The summed E-state index contributed by atoms with van der Waals surface area (Å²) in [4.78, 5) is 5.41. The molecule has 1 heterocycles. The van der Waals surface area contributed by atoms with Crippen LogP contribution in [0.15, 0.2) is 28.1 Å². The Kier molecular flexibility index (Phi) is 5.84. The topological polar surface area (TPSA) is 17.8 Å². The molecule has 0 amide bonds. The molecule has 0 saturated heterocycles. The molecule has 0 aliphatic carbocycles.